The molecule has 0 aliphatic rings. The van der Waals surface area contributed by atoms with Crippen molar-refractivity contribution in [3.05, 3.63) is 21.9 Å². The molecular formula is C12H10N4OS. The van der Waals surface area contributed by atoms with Crippen molar-refractivity contribution in [3.8, 4) is 24.0 Å². The van der Waals surface area contributed by atoms with Crippen LogP contribution >= 0.6 is 11.3 Å². The highest BCUT2D eigenvalue weighted by molar-refractivity contribution is 7.14. The fraction of sp³-hybridized carbons (Fsp3) is 0.250. The van der Waals surface area contributed by atoms with Crippen LogP contribution in [-0.4, -0.2) is 30.4 Å². The van der Waals surface area contributed by atoms with E-state index in [1.807, 2.05) is 12.1 Å². The van der Waals surface area contributed by atoms with Gasteiger partial charge in [-0.1, -0.05) is 11.8 Å². The molecule has 2 N–H and O–H groups in total. The molecule has 0 saturated carbocycles. The zero-order chi connectivity index (χ0) is 13.4. The molecule has 0 fully saturated rings. The van der Waals surface area contributed by atoms with Gasteiger partial charge in [-0.3, -0.25) is 4.79 Å². The summed E-state index contributed by atoms with van der Waals surface area (Å²) in [7, 11) is 0. The molecule has 0 unspecified atom stereocenters. The molecule has 1 aromatic heterocycles. The van der Waals surface area contributed by atoms with Crippen LogP contribution in [0.4, 0.5) is 0 Å². The van der Waals surface area contributed by atoms with Gasteiger partial charge in [-0.2, -0.15) is 10.5 Å². The van der Waals surface area contributed by atoms with Gasteiger partial charge in [0.15, 0.2) is 0 Å². The number of nitrogens with zero attached hydrogens (tertiary/aromatic N) is 3. The Kier molecular flexibility index (Phi) is 5.41. The summed E-state index contributed by atoms with van der Waals surface area (Å²) in [5.74, 6) is 5.19. The van der Waals surface area contributed by atoms with Crippen molar-refractivity contribution in [1.82, 2.24) is 4.90 Å². The van der Waals surface area contributed by atoms with Crippen LogP contribution in [0.15, 0.2) is 12.1 Å². The molecule has 1 rings (SSSR count). The number of carbonyl (C=O) groups is 1. The van der Waals surface area contributed by atoms with Crippen molar-refractivity contribution in [2.75, 3.05) is 19.6 Å². The molecule has 0 atom stereocenters. The Morgan fingerprint density at radius 2 is 2.00 bits per heavy atom. The maximum atomic E-state index is 12.0. The molecule has 0 saturated heterocycles. The molecule has 1 heterocycles. The Bertz CT molecular complexity index is 551. The summed E-state index contributed by atoms with van der Waals surface area (Å²) in [4.78, 5) is 14.4. The van der Waals surface area contributed by atoms with Crippen molar-refractivity contribution in [2.45, 2.75) is 0 Å². The van der Waals surface area contributed by atoms with E-state index in [0.717, 1.165) is 4.88 Å². The van der Waals surface area contributed by atoms with Crippen molar-refractivity contribution < 1.29 is 4.79 Å². The largest absolute Gasteiger partial charge is 0.320 e. The quantitative estimate of drug-likeness (QED) is 0.632. The molecule has 0 spiro atoms. The maximum Gasteiger partial charge on any atom is 0.265 e. The molecule has 0 bridgehead atoms. The minimum Gasteiger partial charge on any atom is -0.320 e. The highest BCUT2D eigenvalue weighted by Gasteiger charge is 2.16. The lowest BCUT2D eigenvalue weighted by Crippen LogP contribution is -2.31. The standard InChI is InChI=1S/C12H10N4OS/c13-5-1-2-10-3-4-11(18-10)12(17)16(8-6-14)9-7-15/h3-4H,5,8-9,13H2. The summed E-state index contributed by atoms with van der Waals surface area (Å²) in [6.07, 6.45) is 0. The van der Waals surface area contributed by atoms with Crippen LogP contribution in [0.5, 0.6) is 0 Å². The number of rotatable bonds is 3. The SMILES string of the molecule is N#CCN(CC#N)C(=O)c1ccc(C#CCN)s1. The first kappa shape index (κ1) is 13.7. The van der Waals surface area contributed by atoms with E-state index < -0.39 is 0 Å². The lowest BCUT2D eigenvalue weighted by atomic mass is 10.3. The second-order valence-electron chi connectivity index (χ2n) is 3.15. The number of amides is 1. The van der Waals surface area contributed by atoms with Gasteiger partial charge in [0, 0.05) is 0 Å². The summed E-state index contributed by atoms with van der Waals surface area (Å²) in [6.45, 7) is 0.0539. The van der Waals surface area contributed by atoms with E-state index in [0.29, 0.717) is 4.88 Å². The highest BCUT2D eigenvalue weighted by Crippen LogP contribution is 2.17. The second-order valence-corrected chi connectivity index (χ2v) is 4.23. The van der Waals surface area contributed by atoms with Gasteiger partial charge in [0.05, 0.1) is 28.4 Å². The highest BCUT2D eigenvalue weighted by atomic mass is 32.1. The third kappa shape index (κ3) is 3.61. The Hall–Kier alpha value is -2.33. The van der Waals surface area contributed by atoms with E-state index in [2.05, 4.69) is 11.8 Å². The number of hydrogen-bond donors (Lipinski definition) is 1. The van der Waals surface area contributed by atoms with E-state index >= 15 is 0 Å². The summed E-state index contributed by atoms with van der Waals surface area (Å²) < 4.78 is 0. The molecule has 6 heteroatoms. The number of nitriles is 2. The van der Waals surface area contributed by atoms with Crippen LogP contribution in [0.3, 0.4) is 0 Å². The number of nitrogens with two attached hydrogens (primary N) is 1. The zero-order valence-electron chi connectivity index (χ0n) is 9.51. The maximum absolute atomic E-state index is 12.0. The molecule has 90 valence electrons. The van der Waals surface area contributed by atoms with Crippen LogP contribution in [0, 0.1) is 34.5 Å². The summed E-state index contributed by atoms with van der Waals surface area (Å²) in [6, 6.07) is 7.07. The van der Waals surface area contributed by atoms with Gasteiger partial charge < -0.3 is 10.6 Å². The van der Waals surface area contributed by atoms with E-state index in [9.17, 15) is 4.79 Å². The van der Waals surface area contributed by atoms with Crippen molar-refractivity contribution in [2.24, 2.45) is 5.73 Å². The van der Waals surface area contributed by atoms with Crippen molar-refractivity contribution >= 4 is 17.2 Å². The molecule has 18 heavy (non-hydrogen) atoms. The Morgan fingerprint density at radius 1 is 1.33 bits per heavy atom. The van der Waals surface area contributed by atoms with Gasteiger partial charge in [0.25, 0.3) is 5.91 Å². The minimum atomic E-state index is -0.330. The van der Waals surface area contributed by atoms with Crippen molar-refractivity contribution in [1.29, 1.82) is 10.5 Å². The summed E-state index contributed by atoms with van der Waals surface area (Å²) in [5, 5.41) is 17.2. The van der Waals surface area contributed by atoms with E-state index in [1.165, 1.54) is 16.2 Å². The second kappa shape index (κ2) is 7.09. The molecule has 5 nitrogen and oxygen atoms in total. The topological polar surface area (TPSA) is 93.9 Å². The molecule has 1 amide bonds. The van der Waals surface area contributed by atoms with Gasteiger partial charge in [-0.25, -0.2) is 0 Å². The van der Waals surface area contributed by atoms with Crippen LogP contribution in [0.1, 0.15) is 14.5 Å². The van der Waals surface area contributed by atoms with Gasteiger partial charge in [-0.15, -0.1) is 11.3 Å². The first-order chi connectivity index (χ1) is 8.72. The summed E-state index contributed by atoms with van der Waals surface area (Å²) in [5.41, 5.74) is 5.25. The predicted octanol–water partition coefficient (Wildman–Crippen LogP) is 0.548. The minimum absolute atomic E-state index is 0.103. The smallest absolute Gasteiger partial charge is 0.265 e. The normalized spacial score (nSPS) is 8.61. The Balaban J connectivity index is 2.86. The average molecular weight is 258 g/mol. The molecule has 0 aromatic carbocycles. The van der Waals surface area contributed by atoms with Crippen LogP contribution in [0.2, 0.25) is 0 Å². The Morgan fingerprint density at radius 3 is 2.56 bits per heavy atom. The van der Waals surface area contributed by atoms with Gasteiger partial charge in [-0.05, 0) is 12.1 Å². The third-order valence-corrected chi connectivity index (χ3v) is 2.93. The van der Waals surface area contributed by atoms with Gasteiger partial charge >= 0.3 is 0 Å². The van der Waals surface area contributed by atoms with Crippen LogP contribution in [0.25, 0.3) is 0 Å². The molecular weight excluding hydrogens is 248 g/mol. The Labute approximate surface area is 109 Å². The number of hydrogen-bond acceptors (Lipinski definition) is 5. The lowest BCUT2D eigenvalue weighted by molar-refractivity contribution is 0.0799. The first-order valence-corrected chi connectivity index (χ1v) is 5.86. The number of thiophene rings is 1. The van der Waals surface area contributed by atoms with Crippen LogP contribution < -0.4 is 5.73 Å². The fourth-order valence-electron chi connectivity index (χ4n) is 1.18. The number of carbonyl (C=O) groups excluding carboxylic acids is 1. The predicted molar refractivity (Wildman–Crippen MR) is 67.4 cm³/mol. The van der Waals surface area contributed by atoms with Crippen molar-refractivity contribution in [3.63, 3.8) is 0 Å². The molecule has 0 radical (unpaired) electrons. The molecule has 0 aliphatic carbocycles. The van der Waals surface area contributed by atoms with E-state index in [4.69, 9.17) is 16.3 Å². The zero-order valence-corrected chi connectivity index (χ0v) is 10.3. The van der Waals surface area contributed by atoms with E-state index in [-0.39, 0.29) is 25.5 Å². The first-order valence-electron chi connectivity index (χ1n) is 5.05. The average Bonchev–Trinajstić information content (AvgIpc) is 2.84. The third-order valence-electron chi connectivity index (χ3n) is 1.94. The molecule has 0 aliphatic heterocycles. The monoisotopic (exact) mass is 258 g/mol. The van der Waals surface area contributed by atoms with E-state index in [1.54, 1.807) is 12.1 Å². The fourth-order valence-corrected chi connectivity index (χ4v) is 2.03. The van der Waals surface area contributed by atoms with Crippen LogP contribution in [-0.2, 0) is 0 Å². The molecule has 1 aromatic rings. The summed E-state index contributed by atoms with van der Waals surface area (Å²) >= 11 is 1.22. The van der Waals surface area contributed by atoms with Gasteiger partial charge in [0.1, 0.15) is 13.1 Å². The van der Waals surface area contributed by atoms with Gasteiger partial charge in [0.2, 0.25) is 0 Å². The lowest BCUT2D eigenvalue weighted by Gasteiger charge is -2.13.